The van der Waals surface area contributed by atoms with Crippen LogP contribution in [-0.2, 0) is 11.2 Å². The zero-order valence-corrected chi connectivity index (χ0v) is 10.7. The van der Waals surface area contributed by atoms with Crippen molar-refractivity contribution in [1.82, 2.24) is 5.32 Å². The number of halogens is 1. The molecule has 1 aromatic rings. The summed E-state index contributed by atoms with van der Waals surface area (Å²) in [4.78, 5) is 22.4. The first-order valence-corrected chi connectivity index (χ1v) is 6.00. The minimum atomic E-state index is -0.984. The van der Waals surface area contributed by atoms with E-state index in [0.717, 1.165) is 5.56 Å². The molecule has 0 spiro atoms. The van der Waals surface area contributed by atoms with Gasteiger partial charge in [0, 0.05) is 18.0 Å². The van der Waals surface area contributed by atoms with Gasteiger partial charge in [-0.15, -0.1) is 0 Å². The summed E-state index contributed by atoms with van der Waals surface area (Å²) in [6.45, 7) is 3.15. The standard InChI is InChI=1S/C14H18FNO2/c1-10(2)14(18)12-5-3-11(4-6-12)7-8-16-13(17)9-15/h3-6,10H,7-9H2,1-2H3,(H,16,17). The summed E-state index contributed by atoms with van der Waals surface area (Å²) in [5.74, 6) is -0.492. The lowest BCUT2D eigenvalue weighted by Crippen LogP contribution is -2.26. The second-order valence-electron chi connectivity index (χ2n) is 4.45. The van der Waals surface area contributed by atoms with Crippen molar-refractivity contribution in [3.8, 4) is 0 Å². The van der Waals surface area contributed by atoms with Gasteiger partial charge < -0.3 is 5.32 Å². The van der Waals surface area contributed by atoms with E-state index in [9.17, 15) is 14.0 Å². The molecule has 0 saturated heterocycles. The van der Waals surface area contributed by atoms with Gasteiger partial charge in [0.1, 0.15) is 0 Å². The average molecular weight is 251 g/mol. The smallest absolute Gasteiger partial charge is 0.251 e. The van der Waals surface area contributed by atoms with Crippen molar-refractivity contribution in [2.75, 3.05) is 13.2 Å². The van der Waals surface area contributed by atoms with E-state index in [1.165, 1.54) is 0 Å². The largest absolute Gasteiger partial charge is 0.353 e. The highest BCUT2D eigenvalue weighted by atomic mass is 19.1. The zero-order valence-electron chi connectivity index (χ0n) is 10.7. The number of nitrogens with one attached hydrogen (secondary N) is 1. The van der Waals surface area contributed by atoms with E-state index >= 15 is 0 Å². The van der Waals surface area contributed by atoms with E-state index in [1.54, 1.807) is 12.1 Å². The third-order valence-electron chi connectivity index (χ3n) is 2.62. The van der Waals surface area contributed by atoms with Gasteiger partial charge in [-0.05, 0) is 12.0 Å². The first kappa shape index (κ1) is 14.4. The number of carbonyl (C=O) groups is 2. The summed E-state index contributed by atoms with van der Waals surface area (Å²) >= 11 is 0. The molecule has 0 aliphatic heterocycles. The minimum absolute atomic E-state index is 0.0142. The topological polar surface area (TPSA) is 46.2 Å². The van der Waals surface area contributed by atoms with Crippen molar-refractivity contribution >= 4 is 11.7 Å². The molecule has 0 aromatic heterocycles. The summed E-state index contributed by atoms with van der Waals surface area (Å²) in [6.07, 6.45) is 0.627. The van der Waals surface area contributed by atoms with E-state index < -0.39 is 12.6 Å². The molecule has 0 fully saturated rings. The second kappa shape index (κ2) is 6.89. The fourth-order valence-corrected chi connectivity index (χ4v) is 1.56. The second-order valence-corrected chi connectivity index (χ2v) is 4.45. The fraction of sp³-hybridized carbons (Fsp3) is 0.429. The highest BCUT2D eigenvalue weighted by Gasteiger charge is 2.09. The molecule has 0 unspecified atom stereocenters. The number of hydrogen-bond donors (Lipinski definition) is 1. The van der Waals surface area contributed by atoms with Gasteiger partial charge in [0.15, 0.2) is 12.5 Å². The predicted molar refractivity (Wildman–Crippen MR) is 68.3 cm³/mol. The highest BCUT2D eigenvalue weighted by Crippen LogP contribution is 2.10. The number of rotatable bonds is 6. The third kappa shape index (κ3) is 4.28. The molecule has 0 saturated carbocycles. The summed E-state index contributed by atoms with van der Waals surface area (Å²) in [5, 5.41) is 2.46. The van der Waals surface area contributed by atoms with Crippen molar-refractivity contribution in [2.45, 2.75) is 20.3 Å². The molecule has 0 atom stereocenters. The Morgan fingerprint density at radius 1 is 1.22 bits per heavy atom. The van der Waals surface area contributed by atoms with E-state index in [1.807, 2.05) is 26.0 Å². The molecular weight excluding hydrogens is 233 g/mol. The van der Waals surface area contributed by atoms with Gasteiger partial charge in [-0.1, -0.05) is 38.1 Å². The summed E-state index contributed by atoms with van der Waals surface area (Å²) in [7, 11) is 0. The van der Waals surface area contributed by atoms with Gasteiger partial charge >= 0.3 is 0 Å². The molecule has 0 heterocycles. The number of alkyl halides is 1. The molecule has 0 bridgehead atoms. The van der Waals surface area contributed by atoms with Crippen molar-refractivity contribution in [1.29, 1.82) is 0 Å². The lowest BCUT2D eigenvalue weighted by molar-refractivity contribution is -0.121. The Kier molecular flexibility index (Phi) is 5.49. The van der Waals surface area contributed by atoms with Gasteiger partial charge in [-0.2, -0.15) is 0 Å². The molecule has 0 aliphatic rings. The number of Topliss-reactive ketones (excluding diaryl/α,β-unsaturated/α-hetero) is 1. The molecular formula is C14H18FNO2. The summed E-state index contributed by atoms with van der Waals surface area (Å²) in [6, 6.07) is 7.29. The van der Waals surface area contributed by atoms with Crippen LogP contribution in [0.15, 0.2) is 24.3 Å². The quantitative estimate of drug-likeness (QED) is 0.787. The van der Waals surface area contributed by atoms with Crippen LogP contribution in [0.3, 0.4) is 0 Å². The normalized spacial score (nSPS) is 10.4. The van der Waals surface area contributed by atoms with Crippen molar-refractivity contribution in [2.24, 2.45) is 5.92 Å². The van der Waals surface area contributed by atoms with Crippen molar-refractivity contribution in [3.63, 3.8) is 0 Å². The Morgan fingerprint density at radius 3 is 2.33 bits per heavy atom. The Hall–Kier alpha value is -1.71. The maximum Gasteiger partial charge on any atom is 0.251 e. The molecule has 4 heteroatoms. The molecule has 1 amide bonds. The number of ketones is 1. The van der Waals surface area contributed by atoms with Gasteiger partial charge in [-0.25, -0.2) is 4.39 Å². The molecule has 98 valence electrons. The van der Waals surface area contributed by atoms with Crippen LogP contribution < -0.4 is 5.32 Å². The Balaban J connectivity index is 2.50. The van der Waals surface area contributed by atoms with Crippen LogP contribution in [-0.4, -0.2) is 24.9 Å². The molecule has 3 nitrogen and oxygen atoms in total. The third-order valence-corrected chi connectivity index (χ3v) is 2.62. The first-order valence-electron chi connectivity index (χ1n) is 6.00. The summed E-state index contributed by atoms with van der Waals surface area (Å²) in [5.41, 5.74) is 1.70. The van der Waals surface area contributed by atoms with E-state index in [0.29, 0.717) is 18.5 Å². The molecule has 18 heavy (non-hydrogen) atoms. The zero-order chi connectivity index (χ0) is 13.5. The lowest BCUT2D eigenvalue weighted by Gasteiger charge is -2.06. The summed E-state index contributed by atoms with van der Waals surface area (Å²) < 4.78 is 11.9. The molecule has 1 rings (SSSR count). The van der Waals surface area contributed by atoms with Gasteiger partial charge in [-0.3, -0.25) is 9.59 Å². The van der Waals surface area contributed by atoms with E-state index in [2.05, 4.69) is 5.32 Å². The van der Waals surface area contributed by atoms with Gasteiger partial charge in [0.2, 0.25) is 0 Å². The molecule has 0 radical (unpaired) electrons. The Bertz CT molecular complexity index is 412. The SMILES string of the molecule is CC(C)C(=O)c1ccc(CCNC(=O)CF)cc1. The van der Waals surface area contributed by atoms with Crippen molar-refractivity contribution < 1.29 is 14.0 Å². The van der Waals surface area contributed by atoms with E-state index in [-0.39, 0.29) is 11.7 Å². The van der Waals surface area contributed by atoms with Gasteiger partial charge in [0.05, 0.1) is 0 Å². The molecule has 0 aliphatic carbocycles. The monoisotopic (exact) mass is 251 g/mol. The average Bonchev–Trinajstić information content (AvgIpc) is 2.38. The predicted octanol–water partition coefficient (Wildman–Crippen LogP) is 2.15. The van der Waals surface area contributed by atoms with Crippen LogP contribution in [0.5, 0.6) is 0 Å². The molecule has 1 N–H and O–H groups in total. The van der Waals surface area contributed by atoms with Crippen LogP contribution in [0.4, 0.5) is 4.39 Å². The minimum Gasteiger partial charge on any atom is -0.353 e. The van der Waals surface area contributed by atoms with Crippen LogP contribution in [0.25, 0.3) is 0 Å². The number of amides is 1. The highest BCUT2D eigenvalue weighted by molar-refractivity contribution is 5.97. The van der Waals surface area contributed by atoms with Crippen LogP contribution in [0, 0.1) is 5.92 Å². The van der Waals surface area contributed by atoms with E-state index in [4.69, 9.17) is 0 Å². The number of hydrogen-bond acceptors (Lipinski definition) is 2. The van der Waals surface area contributed by atoms with Gasteiger partial charge in [0.25, 0.3) is 5.91 Å². The lowest BCUT2D eigenvalue weighted by atomic mass is 9.99. The maximum atomic E-state index is 11.9. The van der Waals surface area contributed by atoms with Crippen LogP contribution in [0.2, 0.25) is 0 Å². The Morgan fingerprint density at radius 2 is 1.83 bits per heavy atom. The first-order chi connectivity index (χ1) is 8.54. The number of benzene rings is 1. The number of carbonyl (C=O) groups excluding carboxylic acids is 2. The van der Waals surface area contributed by atoms with Crippen molar-refractivity contribution in [3.05, 3.63) is 35.4 Å². The van der Waals surface area contributed by atoms with Crippen LogP contribution >= 0.6 is 0 Å². The Labute approximate surface area is 106 Å². The fourth-order valence-electron chi connectivity index (χ4n) is 1.56. The molecule has 1 aromatic carbocycles. The van der Waals surface area contributed by atoms with Crippen LogP contribution in [0.1, 0.15) is 29.8 Å². The maximum absolute atomic E-state index is 11.9.